The predicted octanol–water partition coefficient (Wildman–Crippen LogP) is 4.00. The summed E-state index contributed by atoms with van der Waals surface area (Å²) < 4.78 is 5.20. The van der Waals surface area contributed by atoms with Crippen LogP contribution in [0.2, 0.25) is 0 Å². The minimum absolute atomic E-state index is 0.225. The maximum Gasteiger partial charge on any atom is 0.306 e. The van der Waals surface area contributed by atoms with Crippen LogP contribution in [0.3, 0.4) is 0 Å². The third-order valence-electron chi connectivity index (χ3n) is 2.80. The van der Waals surface area contributed by atoms with Crippen molar-refractivity contribution in [1.82, 2.24) is 0 Å². The van der Waals surface area contributed by atoms with Crippen LogP contribution in [0.25, 0.3) is 0 Å². The number of allylic oxidation sites excluding steroid dienone is 1. The number of hydrogen-bond donors (Lipinski definition) is 1. The molecule has 0 aromatic carbocycles. The van der Waals surface area contributed by atoms with Crippen molar-refractivity contribution in [1.29, 1.82) is 0 Å². The van der Waals surface area contributed by atoms with Crippen LogP contribution in [-0.4, -0.2) is 22.8 Å². The Morgan fingerprint density at radius 1 is 1.21 bits per heavy atom. The van der Waals surface area contributed by atoms with Gasteiger partial charge in [0, 0.05) is 6.42 Å². The van der Waals surface area contributed by atoms with E-state index in [1.54, 1.807) is 0 Å². The molecular weight excluding hydrogens is 240 g/mol. The Kier molecular flexibility index (Phi) is 9.58. The molecule has 19 heavy (non-hydrogen) atoms. The SMILES string of the molecule is C=CCCCCCCC(O)CCC(=O)OC(C)(C)C. The van der Waals surface area contributed by atoms with Gasteiger partial charge in [-0.25, -0.2) is 0 Å². The highest BCUT2D eigenvalue weighted by atomic mass is 16.6. The van der Waals surface area contributed by atoms with Crippen molar-refractivity contribution in [2.24, 2.45) is 0 Å². The van der Waals surface area contributed by atoms with E-state index in [1.165, 1.54) is 12.8 Å². The van der Waals surface area contributed by atoms with Gasteiger partial charge < -0.3 is 9.84 Å². The van der Waals surface area contributed by atoms with Gasteiger partial charge in [-0.3, -0.25) is 4.79 Å². The Labute approximate surface area is 118 Å². The number of rotatable bonds is 10. The molecule has 0 rings (SSSR count). The number of aliphatic hydroxyl groups is 1. The van der Waals surface area contributed by atoms with Crippen molar-refractivity contribution in [2.45, 2.75) is 83.8 Å². The maximum atomic E-state index is 11.5. The Balaban J connectivity index is 3.51. The minimum Gasteiger partial charge on any atom is -0.460 e. The highest BCUT2D eigenvalue weighted by Crippen LogP contribution is 2.13. The summed E-state index contributed by atoms with van der Waals surface area (Å²) in [5.41, 5.74) is -0.437. The van der Waals surface area contributed by atoms with E-state index in [1.807, 2.05) is 26.8 Å². The van der Waals surface area contributed by atoms with E-state index >= 15 is 0 Å². The normalized spacial score (nSPS) is 13.1. The maximum absolute atomic E-state index is 11.5. The van der Waals surface area contributed by atoms with Gasteiger partial charge in [0.05, 0.1) is 6.10 Å². The first-order valence-electron chi connectivity index (χ1n) is 7.36. The smallest absolute Gasteiger partial charge is 0.306 e. The standard InChI is InChI=1S/C16H30O3/c1-5-6-7-8-9-10-11-14(17)12-13-15(18)19-16(2,3)4/h5,14,17H,1,6-13H2,2-4H3. The van der Waals surface area contributed by atoms with Crippen LogP contribution < -0.4 is 0 Å². The molecule has 0 saturated heterocycles. The lowest BCUT2D eigenvalue weighted by molar-refractivity contribution is -0.155. The van der Waals surface area contributed by atoms with Gasteiger partial charge in [0.1, 0.15) is 5.60 Å². The Bertz CT molecular complexity index is 253. The van der Waals surface area contributed by atoms with Gasteiger partial charge in [0.25, 0.3) is 0 Å². The van der Waals surface area contributed by atoms with Crippen molar-refractivity contribution in [2.75, 3.05) is 0 Å². The van der Waals surface area contributed by atoms with Gasteiger partial charge in [-0.15, -0.1) is 6.58 Å². The number of ether oxygens (including phenoxy) is 1. The van der Waals surface area contributed by atoms with E-state index < -0.39 is 5.60 Å². The molecule has 0 aromatic rings. The first kappa shape index (κ1) is 18.2. The zero-order chi connectivity index (χ0) is 14.7. The van der Waals surface area contributed by atoms with Gasteiger partial charge in [-0.1, -0.05) is 25.3 Å². The summed E-state index contributed by atoms with van der Waals surface area (Å²) in [6.45, 7) is 9.24. The van der Waals surface area contributed by atoms with E-state index in [9.17, 15) is 9.90 Å². The predicted molar refractivity (Wildman–Crippen MR) is 79.0 cm³/mol. The first-order chi connectivity index (χ1) is 8.85. The fraction of sp³-hybridized carbons (Fsp3) is 0.812. The van der Waals surface area contributed by atoms with E-state index in [0.29, 0.717) is 12.8 Å². The van der Waals surface area contributed by atoms with Gasteiger partial charge >= 0.3 is 5.97 Å². The van der Waals surface area contributed by atoms with Gasteiger partial charge in [-0.05, 0) is 46.5 Å². The lowest BCUT2D eigenvalue weighted by Crippen LogP contribution is -2.24. The molecule has 0 amide bonds. The zero-order valence-corrected chi connectivity index (χ0v) is 12.8. The number of hydrogen-bond acceptors (Lipinski definition) is 3. The summed E-state index contributed by atoms with van der Waals surface area (Å²) in [7, 11) is 0. The zero-order valence-electron chi connectivity index (χ0n) is 12.8. The highest BCUT2D eigenvalue weighted by molar-refractivity contribution is 5.69. The molecule has 112 valence electrons. The summed E-state index contributed by atoms with van der Waals surface area (Å²) in [6, 6.07) is 0. The molecule has 0 saturated carbocycles. The monoisotopic (exact) mass is 270 g/mol. The average molecular weight is 270 g/mol. The second-order valence-electron chi connectivity index (χ2n) is 6.06. The van der Waals surface area contributed by atoms with Crippen molar-refractivity contribution in [3.63, 3.8) is 0 Å². The first-order valence-corrected chi connectivity index (χ1v) is 7.36. The van der Waals surface area contributed by atoms with Crippen molar-refractivity contribution in [3.8, 4) is 0 Å². The topological polar surface area (TPSA) is 46.5 Å². The molecule has 0 bridgehead atoms. The Hall–Kier alpha value is -0.830. The highest BCUT2D eigenvalue weighted by Gasteiger charge is 2.17. The number of carbonyl (C=O) groups excluding carboxylic acids is 1. The summed E-state index contributed by atoms with van der Waals surface area (Å²) in [5.74, 6) is -0.225. The molecule has 0 aromatic heterocycles. The quantitative estimate of drug-likeness (QED) is 0.371. The molecule has 3 heteroatoms. The molecule has 1 atom stereocenters. The number of carbonyl (C=O) groups is 1. The molecule has 3 nitrogen and oxygen atoms in total. The van der Waals surface area contributed by atoms with Gasteiger partial charge in [-0.2, -0.15) is 0 Å². The van der Waals surface area contributed by atoms with Crippen LogP contribution in [0, 0.1) is 0 Å². The molecule has 0 aliphatic carbocycles. The fourth-order valence-corrected chi connectivity index (χ4v) is 1.84. The van der Waals surface area contributed by atoms with Crippen molar-refractivity contribution >= 4 is 5.97 Å². The molecule has 1 N–H and O–H groups in total. The van der Waals surface area contributed by atoms with E-state index in [-0.39, 0.29) is 12.1 Å². The molecule has 0 aliphatic rings. The third-order valence-corrected chi connectivity index (χ3v) is 2.80. The molecule has 0 aliphatic heterocycles. The minimum atomic E-state index is -0.437. The summed E-state index contributed by atoms with van der Waals surface area (Å²) in [5, 5.41) is 9.78. The lowest BCUT2D eigenvalue weighted by atomic mass is 10.0. The van der Waals surface area contributed by atoms with Crippen LogP contribution in [0.1, 0.15) is 72.1 Å². The number of unbranched alkanes of at least 4 members (excludes halogenated alkanes) is 4. The lowest BCUT2D eigenvalue weighted by Gasteiger charge is -2.20. The van der Waals surface area contributed by atoms with E-state index in [4.69, 9.17) is 4.74 Å². The van der Waals surface area contributed by atoms with Crippen molar-refractivity contribution in [3.05, 3.63) is 12.7 Å². The Morgan fingerprint density at radius 2 is 1.84 bits per heavy atom. The van der Waals surface area contributed by atoms with Crippen LogP contribution in [0.5, 0.6) is 0 Å². The molecular formula is C16H30O3. The van der Waals surface area contributed by atoms with Crippen LogP contribution in [0.4, 0.5) is 0 Å². The number of esters is 1. The van der Waals surface area contributed by atoms with Crippen LogP contribution >= 0.6 is 0 Å². The van der Waals surface area contributed by atoms with E-state index in [2.05, 4.69) is 6.58 Å². The largest absolute Gasteiger partial charge is 0.460 e. The van der Waals surface area contributed by atoms with Crippen molar-refractivity contribution < 1.29 is 14.6 Å². The third kappa shape index (κ3) is 13.4. The molecule has 1 unspecified atom stereocenters. The molecule has 0 radical (unpaired) electrons. The second kappa shape index (κ2) is 10.0. The second-order valence-corrected chi connectivity index (χ2v) is 6.06. The number of aliphatic hydroxyl groups excluding tert-OH is 1. The molecule has 0 fully saturated rings. The molecule has 0 heterocycles. The molecule has 0 spiro atoms. The van der Waals surface area contributed by atoms with Gasteiger partial charge in [0.2, 0.25) is 0 Å². The summed E-state index contributed by atoms with van der Waals surface area (Å²) >= 11 is 0. The summed E-state index contributed by atoms with van der Waals surface area (Å²) in [6.07, 6.45) is 8.73. The summed E-state index contributed by atoms with van der Waals surface area (Å²) in [4.78, 5) is 11.5. The van der Waals surface area contributed by atoms with Crippen LogP contribution in [0.15, 0.2) is 12.7 Å². The fourth-order valence-electron chi connectivity index (χ4n) is 1.84. The average Bonchev–Trinajstić information content (AvgIpc) is 2.29. The Morgan fingerprint density at radius 3 is 2.42 bits per heavy atom. The van der Waals surface area contributed by atoms with Gasteiger partial charge in [0.15, 0.2) is 0 Å². The van der Waals surface area contributed by atoms with Crippen LogP contribution in [-0.2, 0) is 9.53 Å². The van der Waals surface area contributed by atoms with E-state index in [0.717, 1.165) is 25.7 Å².